The number of halogens is 3. The summed E-state index contributed by atoms with van der Waals surface area (Å²) in [7, 11) is 0. The van der Waals surface area contributed by atoms with Gasteiger partial charge in [0.05, 0.1) is 5.02 Å². The zero-order valence-electron chi connectivity index (χ0n) is 9.07. The van der Waals surface area contributed by atoms with E-state index in [-0.39, 0.29) is 10.4 Å². The predicted molar refractivity (Wildman–Crippen MR) is 64.8 cm³/mol. The Bertz CT molecular complexity index is 452. The maximum Gasteiger partial charge on any atom is 0.340 e. The van der Waals surface area contributed by atoms with Gasteiger partial charge in [0.25, 0.3) is 0 Å². The first-order valence-corrected chi connectivity index (χ1v) is 5.74. The van der Waals surface area contributed by atoms with E-state index in [2.05, 4.69) is 15.9 Å². The smallest absolute Gasteiger partial charge is 0.340 e. The fourth-order valence-corrected chi connectivity index (χ4v) is 3.14. The first-order valence-electron chi connectivity index (χ1n) is 4.57. The average Bonchev–Trinajstić information content (AvgIpc) is 1.97. The second kappa shape index (κ2) is 4.34. The van der Waals surface area contributed by atoms with E-state index in [4.69, 9.17) is 16.7 Å². The summed E-state index contributed by atoms with van der Waals surface area (Å²) >= 11 is 9.15. The van der Waals surface area contributed by atoms with E-state index in [1.54, 1.807) is 0 Å². The molecule has 0 heterocycles. The highest BCUT2D eigenvalue weighted by molar-refractivity contribution is 9.10. The van der Waals surface area contributed by atoms with Crippen molar-refractivity contribution in [2.24, 2.45) is 0 Å². The summed E-state index contributed by atoms with van der Waals surface area (Å²) in [5, 5.41) is 8.84. The molecule has 88 valence electrons. The van der Waals surface area contributed by atoms with E-state index >= 15 is 0 Å². The first kappa shape index (κ1) is 13.5. The van der Waals surface area contributed by atoms with Crippen molar-refractivity contribution in [2.75, 3.05) is 0 Å². The number of hydrogen-bond donors (Lipinski definition) is 1. The highest BCUT2D eigenvalue weighted by Gasteiger charge is 2.27. The van der Waals surface area contributed by atoms with Gasteiger partial charge in [-0.25, -0.2) is 9.18 Å². The SMILES string of the molecule is CC(C)(C)c1c(Br)cc(F)c(C(=O)O)c1Cl. The van der Waals surface area contributed by atoms with Gasteiger partial charge in [-0.2, -0.15) is 0 Å². The van der Waals surface area contributed by atoms with E-state index < -0.39 is 17.3 Å². The topological polar surface area (TPSA) is 37.3 Å². The van der Waals surface area contributed by atoms with E-state index in [9.17, 15) is 9.18 Å². The molecule has 0 bridgehead atoms. The summed E-state index contributed by atoms with van der Waals surface area (Å²) < 4.78 is 13.9. The van der Waals surface area contributed by atoms with Crippen LogP contribution in [0.1, 0.15) is 36.7 Å². The Hall–Kier alpha value is -0.610. The van der Waals surface area contributed by atoms with Gasteiger partial charge in [0.1, 0.15) is 11.4 Å². The van der Waals surface area contributed by atoms with Crippen molar-refractivity contribution in [3.63, 3.8) is 0 Å². The summed E-state index contributed by atoms with van der Waals surface area (Å²) in [4.78, 5) is 10.9. The molecule has 0 saturated carbocycles. The molecular weight excluding hydrogens is 298 g/mol. The van der Waals surface area contributed by atoms with Gasteiger partial charge in [0, 0.05) is 4.47 Å². The zero-order chi connectivity index (χ0) is 12.7. The van der Waals surface area contributed by atoms with Crippen LogP contribution in [0.4, 0.5) is 4.39 Å². The van der Waals surface area contributed by atoms with Crippen molar-refractivity contribution in [3.8, 4) is 0 Å². The lowest BCUT2D eigenvalue weighted by atomic mass is 9.86. The predicted octanol–water partition coefficient (Wildman–Crippen LogP) is 4.24. The number of carboxylic acid groups (broad SMARTS) is 1. The van der Waals surface area contributed by atoms with Crippen LogP contribution in [-0.2, 0) is 5.41 Å². The van der Waals surface area contributed by atoms with Crippen LogP contribution in [0.2, 0.25) is 5.02 Å². The molecule has 0 aliphatic rings. The Morgan fingerprint density at radius 3 is 2.38 bits per heavy atom. The van der Waals surface area contributed by atoms with Crippen LogP contribution in [-0.4, -0.2) is 11.1 Å². The van der Waals surface area contributed by atoms with E-state index in [1.807, 2.05) is 20.8 Å². The first-order chi connectivity index (χ1) is 7.16. The average molecular weight is 310 g/mol. The summed E-state index contributed by atoms with van der Waals surface area (Å²) in [6.45, 7) is 5.63. The van der Waals surface area contributed by atoms with Gasteiger partial charge in [0.2, 0.25) is 0 Å². The summed E-state index contributed by atoms with van der Waals surface area (Å²) in [6.07, 6.45) is 0. The minimum absolute atomic E-state index is 0.0492. The Morgan fingerprint density at radius 1 is 1.50 bits per heavy atom. The molecule has 0 amide bonds. The third kappa shape index (κ3) is 2.38. The molecule has 0 saturated heterocycles. The fourth-order valence-electron chi connectivity index (χ4n) is 1.47. The van der Waals surface area contributed by atoms with Crippen LogP contribution in [0, 0.1) is 5.82 Å². The fraction of sp³-hybridized carbons (Fsp3) is 0.364. The third-order valence-corrected chi connectivity index (χ3v) is 3.14. The molecule has 0 aliphatic heterocycles. The number of hydrogen-bond acceptors (Lipinski definition) is 1. The second-order valence-corrected chi connectivity index (χ2v) is 5.69. The van der Waals surface area contributed by atoms with Gasteiger partial charge in [-0.15, -0.1) is 0 Å². The van der Waals surface area contributed by atoms with Crippen LogP contribution in [0.3, 0.4) is 0 Å². The maximum atomic E-state index is 13.4. The number of aromatic carboxylic acids is 1. The van der Waals surface area contributed by atoms with Crippen molar-refractivity contribution in [1.82, 2.24) is 0 Å². The van der Waals surface area contributed by atoms with Crippen LogP contribution >= 0.6 is 27.5 Å². The number of carbonyl (C=O) groups is 1. The molecule has 2 nitrogen and oxygen atoms in total. The highest BCUT2D eigenvalue weighted by Crippen LogP contribution is 2.38. The summed E-state index contributed by atoms with van der Waals surface area (Å²) in [6, 6.07) is 1.13. The lowest BCUT2D eigenvalue weighted by Crippen LogP contribution is -2.16. The number of carboxylic acids is 1. The highest BCUT2D eigenvalue weighted by atomic mass is 79.9. The van der Waals surface area contributed by atoms with Crippen molar-refractivity contribution in [1.29, 1.82) is 0 Å². The Labute approximate surface area is 107 Å². The second-order valence-electron chi connectivity index (χ2n) is 4.46. The number of benzene rings is 1. The molecule has 1 N–H and O–H groups in total. The van der Waals surface area contributed by atoms with Gasteiger partial charge in [-0.05, 0) is 17.0 Å². The lowest BCUT2D eigenvalue weighted by Gasteiger charge is -2.23. The Balaban J connectivity index is 3.65. The molecule has 1 rings (SSSR count). The molecule has 0 aliphatic carbocycles. The molecule has 0 unspecified atom stereocenters. The lowest BCUT2D eigenvalue weighted by molar-refractivity contribution is 0.0692. The van der Waals surface area contributed by atoms with E-state index in [0.29, 0.717) is 10.0 Å². The van der Waals surface area contributed by atoms with Crippen LogP contribution in [0.5, 0.6) is 0 Å². The van der Waals surface area contributed by atoms with Crippen LogP contribution < -0.4 is 0 Å². The molecule has 0 atom stereocenters. The zero-order valence-corrected chi connectivity index (χ0v) is 11.4. The summed E-state index contributed by atoms with van der Waals surface area (Å²) in [5.41, 5.74) is -0.254. The molecule has 1 aromatic carbocycles. The van der Waals surface area contributed by atoms with Crippen LogP contribution in [0.15, 0.2) is 10.5 Å². The molecule has 16 heavy (non-hydrogen) atoms. The molecule has 0 aromatic heterocycles. The summed E-state index contributed by atoms with van der Waals surface area (Å²) in [5.74, 6) is -2.20. The van der Waals surface area contributed by atoms with Gasteiger partial charge < -0.3 is 5.11 Å². The van der Waals surface area contributed by atoms with Gasteiger partial charge >= 0.3 is 5.97 Å². The molecule has 1 aromatic rings. The van der Waals surface area contributed by atoms with E-state index in [1.165, 1.54) is 0 Å². The normalized spacial score (nSPS) is 11.6. The molecule has 5 heteroatoms. The quantitative estimate of drug-likeness (QED) is 0.842. The van der Waals surface area contributed by atoms with Crippen LogP contribution in [0.25, 0.3) is 0 Å². The molecule has 0 spiro atoms. The standard InChI is InChI=1S/C11H11BrClFO2/c1-11(2,3)8-5(12)4-6(14)7(9(8)13)10(15)16/h4H,1-3H3,(H,15,16). The molecule has 0 radical (unpaired) electrons. The number of rotatable bonds is 1. The van der Waals surface area contributed by atoms with Crippen molar-refractivity contribution >= 4 is 33.5 Å². The molecular formula is C11H11BrClFO2. The molecule has 0 fully saturated rings. The maximum absolute atomic E-state index is 13.4. The van der Waals surface area contributed by atoms with Gasteiger partial charge in [-0.1, -0.05) is 48.3 Å². The third-order valence-electron chi connectivity index (χ3n) is 2.13. The van der Waals surface area contributed by atoms with Gasteiger partial charge in [0.15, 0.2) is 0 Å². The largest absolute Gasteiger partial charge is 0.478 e. The van der Waals surface area contributed by atoms with Crippen molar-refractivity contribution < 1.29 is 14.3 Å². The van der Waals surface area contributed by atoms with Crippen molar-refractivity contribution in [2.45, 2.75) is 26.2 Å². The minimum Gasteiger partial charge on any atom is -0.478 e. The minimum atomic E-state index is -1.36. The van der Waals surface area contributed by atoms with E-state index in [0.717, 1.165) is 6.07 Å². The Kier molecular flexibility index (Phi) is 3.65. The van der Waals surface area contributed by atoms with Crippen molar-refractivity contribution in [3.05, 3.63) is 32.5 Å². The Morgan fingerprint density at radius 2 is 2.00 bits per heavy atom. The monoisotopic (exact) mass is 308 g/mol. The van der Waals surface area contributed by atoms with Gasteiger partial charge in [-0.3, -0.25) is 0 Å².